The van der Waals surface area contributed by atoms with Crippen molar-refractivity contribution in [3.8, 4) is 5.75 Å². The summed E-state index contributed by atoms with van der Waals surface area (Å²) < 4.78 is 16.3. The van der Waals surface area contributed by atoms with Gasteiger partial charge in [-0.25, -0.2) is 4.79 Å². The van der Waals surface area contributed by atoms with Crippen LogP contribution in [0.4, 0.5) is 4.79 Å². The van der Waals surface area contributed by atoms with Crippen molar-refractivity contribution in [3.63, 3.8) is 0 Å². The summed E-state index contributed by atoms with van der Waals surface area (Å²) in [4.78, 5) is 15.8. The van der Waals surface area contributed by atoms with Crippen LogP contribution < -0.4 is 4.74 Å². The average Bonchev–Trinajstić information content (AvgIpc) is 2.81. The van der Waals surface area contributed by atoms with E-state index in [0.717, 1.165) is 43.8 Å². The fourth-order valence-corrected chi connectivity index (χ4v) is 3.79. The van der Waals surface area contributed by atoms with E-state index in [4.69, 9.17) is 14.2 Å². The van der Waals surface area contributed by atoms with Crippen LogP contribution in [-0.2, 0) is 22.6 Å². The lowest BCUT2D eigenvalue weighted by molar-refractivity contribution is -0.0113. The van der Waals surface area contributed by atoms with Crippen molar-refractivity contribution < 1.29 is 19.0 Å². The van der Waals surface area contributed by atoms with Crippen molar-refractivity contribution in [2.24, 2.45) is 0 Å². The fourth-order valence-electron chi connectivity index (χ4n) is 3.79. The van der Waals surface area contributed by atoms with Crippen molar-refractivity contribution in [2.75, 3.05) is 40.9 Å². The number of methoxy groups -OCH3 is 2. The van der Waals surface area contributed by atoms with Gasteiger partial charge < -0.3 is 19.1 Å². The highest BCUT2D eigenvalue weighted by atomic mass is 16.6. The maximum Gasteiger partial charge on any atom is 0.410 e. The molecule has 0 aliphatic carbocycles. The van der Waals surface area contributed by atoms with Gasteiger partial charge in [-0.1, -0.05) is 6.07 Å². The van der Waals surface area contributed by atoms with Gasteiger partial charge >= 0.3 is 6.09 Å². The summed E-state index contributed by atoms with van der Waals surface area (Å²) in [5.74, 6) is 0.849. The van der Waals surface area contributed by atoms with Gasteiger partial charge in [0.25, 0.3) is 0 Å². The molecule has 0 radical (unpaired) electrons. The van der Waals surface area contributed by atoms with Gasteiger partial charge in [0.05, 0.1) is 20.3 Å². The van der Waals surface area contributed by atoms with E-state index in [1.54, 1.807) is 26.2 Å². The number of benzene rings is 1. The number of carbonyl (C=O) groups excluding carboxylic acids is 1. The molecule has 6 nitrogen and oxygen atoms in total. The van der Waals surface area contributed by atoms with Gasteiger partial charge in [0, 0.05) is 32.8 Å². The third kappa shape index (κ3) is 3.49. The minimum absolute atomic E-state index is 0.205. The Hall–Kier alpha value is -1.79. The molecule has 1 spiro atoms. The summed E-state index contributed by atoms with van der Waals surface area (Å²) in [5.41, 5.74) is 1.93. The van der Waals surface area contributed by atoms with Crippen LogP contribution in [0.3, 0.4) is 0 Å². The first-order chi connectivity index (χ1) is 11.5. The van der Waals surface area contributed by atoms with Crippen molar-refractivity contribution in [1.29, 1.82) is 0 Å². The van der Waals surface area contributed by atoms with Gasteiger partial charge in [-0.3, -0.25) is 4.90 Å². The average molecular weight is 334 g/mol. The highest BCUT2D eigenvalue weighted by molar-refractivity contribution is 5.70. The van der Waals surface area contributed by atoms with Gasteiger partial charge in [-0.2, -0.15) is 0 Å². The first-order valence-electron chi connectivity index (χ1n) is 8.36. The highest BCUT2D eigenvalue weighted by Gasteiger charge is 2.46. The van der Waals surface area contributed by atoms with Crippen LogP contribution in [0.1, 0.15) is 24.0 Å². The normalized spacial score (nSPS) is 24.5. The van der Waals surface area contributed by atoms with Crippen LogP contribution in [0, 0.1) is 0 Å². The number of rotatable bonds is 5. The number of ether oxygens (including phenoxy) is 3. The Morgan fingerprint density at radius 3 is 2.79 bits per heavy atom. The lowest BCUT2D eigenvalue weighted by Gasteiger charge is -2.38. The van der Waals surface area contributed by atoms with Crippen LogP contribution in [0.25, 0.3) is 0 Å². The minimum atomic E-state index is -0.341. The summed E-state index contributed by atoms with van der Waals surface area (Å²) in [5, 5.41) is 0. The maximum absolute atomic E-state index is 11.8. The zero-order chi connectivity index (χ0) is 17.2. The summed E-state index contributed by atoms with van der Waals surface area (Å²) in [7, 11) is 5.16. The third-order valence-electron chi connectivity index (χ3n) is 4.81. The van der Waals surface area contributed by atoms with Crippen LogP contribution in [0.15, 0.2) is 18.2 Å². The van der Waals surface area contributed by atoms with Gasteiger partial charge in [-0.15, -0.1) is 0 Å². The molecule has 0 aromatic heterocycles. The van der Waals surface area contributed by atoms with Crippen molar-refractivity contribution in [2.45, 2.75) is 31.6 Å². The molecule has 24 heavy (non-hydrogen) atoms. The molecule has 1 aromatic carbocycles. The lowest BCUT2D eigenvalue weighted by atomic mass is 9.92. The second kappa shape index (κ2) is 6.99. The lowest BCUT2D eigenvalue weighted by Crippen LogP contribution is -2.50. The van der Waals surface area contributed by atoms with E-state index < -0.39 is 0 Å². The van der Waals surface area contributed by atoms with Crippen LogP contribution >= 0.6 is 0 Å². The Balaban J connectivity index is 1.69. The molecular formula is C18H26N2O4. The zero-order valence-electron chi connectivity index (χ0n) is 14.7. The Morgan fingerprint density at radius 2 is 2.12 bits per heavy atom. The molecule has 2 saturated heterocycles. The first kappa shape index (κ1) is 17.0. The Morgan fingerprint density at radius 1 is 1.29 bits per heavy atom. The molecule has 132 valence electrons. The molecule has 2 aliphatic rings. The SMILES string of the molecule is COCc1cc(CN2CCC[C@]3(C2)CN(C)C(=O)O3)ccc1OC. The predicted molar refractivity (Wildman–Crippen MR) is 90.1 cm³/mol. The molecular weight excluding hydrogens is 308 g/mol. The quantitative estimate of drug-likeness (QED) is 0.827. The molecule has 6 heteroatoms. The number of likely N-dealkylation sites (N-methyl/N-ethyl adjacent to an activating group) is 1. The van der Waals surface area contributed by atoms with E-state index in [1.807, 2.05) is 6.07 Å². The monoisotopic (exact) mass is 334 g/mol. The van der Waals surface area contributed by atoms with Crippen molar-refractivity contribution in [1.82, 2.24) is 9.80 Å². The van der Waals surface area contributed by atoms with Crippen LogP contribution in [-0.4, -0.2) is 62.4 Å². The largest absolute Gasteiger partial charge is 0.496 e. The van der Waals surface area contributed by atoms with Gasteiger partial charge in [0.2, 0.25) is 0 Å². The van der Waals surface area contributed by atoms with E-state index >= 15 is 0 Å². The van der Waals surface area contributed by atoms with Gasteiger partial charge in [0.1, 0.15) is 11.4 Å². The molecule has 3 rings (SSSR count). The topological polar surface area (TPSA) is 51.2 Å². The fraction of sp³-hybridized carbons (Fsp3) is 0.611. The zero-order valence-corrected chi connectivity index (χ0v) is 14.7. The first-order valence-corrected chi connectivity index (χ1v) is 8.36. The highest BCUT2D eigenvalue weighted by Crippen LogP contribution is 2.32. The summed E-state index contributed by atoms with van der Waals surface area (Å²) in [6, 6.07) is 6.22. The number of amides is 1. The number of nitrogens with zero attached hydrogens (tertiary/aromatic N) is 2. The Labute approximate surface area is 143 Å². The second-order valence-electron chi connectivity index (χ2n) is 6.80. The van der Waals surface area contributed by atoms with E-state index in [1.165, 1.54) is 5.56 Å². The molecule has 0 saturated carbocycles. The maximum atomic E-state index is 11.8. The van der Waals surface area contributed by atoms with Gasteiger partial charge in [-0.05, 0) is 37.1 Å². The summed E-state index contributed by atoms with van der Waals surface area (Å²) >= 11 is 0. The van der Waals surface area contributed by atoms with E-state index in [9.17, 15) is 4.79 Å². The Bertz CT molecular complexity index is 607. The van der Waals surface area contributed by atoms with Crippen molar-refractivity contribution >= 4 is 6.09 Å². The smallest absolute Gasteiger partial charge is 0.410 e. The predicted octanol–water partition coefficient (Wildman–Crippen LogP) is 2.26. The standard InChI is InChI=1S/C18H26N2O4/c1-19-12-18(24-17(19)21)7-4-8-20(13-18)10-14-5-6-16(23-3)15(9-14)11-22-2/h5-6,9H,4,7-8,10-13H2,1-3H3/t18-/m1/s1. The summed E-state index contributed by atoms with van der Waals surface area (Å²) in [6.07, 6.45) is 1.78. The number of hydrogen-bond donors (Lipinski definition) is 0. The molecule has 0 unspecified atom stereocenters. The molecule has 1 atom stereocenters. The van der Waals surface area contributed by atoms with Gasteiger partial charge in [0.15, 0.2) is 0 Å². The molecule has 2 heterocycles. The molecule has 1 aromatic rings. The molecule has 0 N–H and O–H groups in total. The van der Waals surface area contributed by atoms with Crippen LogP contribution in [0.5, 0.6) is 5.75 Å². The van der Waals surface area contributed by atoms with Crippen molar-refractivity contribution in [3.05, 3.63) is 29.3 Å². The van der Waals surface area contributed by atoms with E-state index in [2.05, 4.69) is 17.0 Å². The van der Waals surface area contributed by atoms with E-state index in [-0.39, 0.29) is 11.7 Å². The van der Waals surface area contributed by atoms with Crippen LogP contribution in [0.2, 0.25) is 0 Å². The molecule has 0 bridgehead atoms. The Kier molecular flexibility index (Phi) is 4.96. The number of carbonyl (C=O) groups is 1. The number of piperidine rings is 1. The molecule has 2 aliphatic heterocycles. The minimum Gasteiger partial charge on any atom is -0.496 e. The number of likely N-dealkylation sites (tertiary alicyclic amines) is 1. The molecule has 1 amide bonds. The molecule has 2 fully saturated rings. The summed E-state index contributed by atoms with van der Waals surface area (Å²) in [6.45, 7) is 3.86. The second-order valence-corrected chi connectivity index (χ2v) is 6.80. The van der Waals surface area contributed by atoms with E-state index in [0.29, 0.717) is 13.2 Å². The number of hydrogen-bond acceptors (Lipinski definition) is 5. The third-order valence-corrected chi connectivity index (χ3v) is 4.81.